The molecule has 0 radical (unpaired) electrons. The summed E-state index contributed by atoms with van der Waals surface area (Å²) in [5, 5.41) is 9.87. The van der Waals surface area contributed by atoms with Crippen LogP contribution in [0.15, 0.2) is 48.5 Å². The first-order valence-electron chi connectivity index (χ1n) is 5.79. The summed E-state index contributed by atoms with van der Waals surface area (Å²) in [5.74, 6) is 0.489. The molecule has 0 bridgehead atoms. The number of rotatable bonds is 3. The molecule has 0 aromatic heterocycles. The molecule has 0 spiro atoms. The van der Waals surface area contributed by atoms with Crippen LogP contribution in [0.5, 0.6) is 5.75 Å². The van der Waals surface area contributed by atoms with Crippen LogP contribution in [0.2, 0.25) is 0 Å². The Bertz CT molecular complexity index is 508. The van der Waals surface area contributed by atoms with Crippen LogP contribution >= 0.6 is 0 Å². The van der Waals surface area contributed by atoms with Gasteiger partial charge in [-0.2, -0.15) is 0 Å². The summed E-state index contributed by atoms with van der Waals surface area (Å²) >= 11 is 0. The van der Waals surface area contributed by atoms with Gasteiger partial charge in [-0.15, -0.1) is 0 Å². The summed E-state index contributed by atoms with van der Waals surface area (Å²) in [6.45, 7) is 2.61. The van der Waals surface area contributed by atoms with Gasteiger partial charge >= 0.3 is 0 Å². The van der Waals surface area contributed by atoms with Gasteiger partial charge in [-0.3, -0.25) is 0 Å². The average molecular weight is 227 g/mol. The Morgan fingerprint density at radius 3 is 2.24 bits per heavy atom. The number of para-hydroxylation sites is 1. The van der Waals surface area contributed by atoms with Gasteiger partial charge in [0.1, 0.15) is 5.75 Å². The highest BCUT2D eigenvalue weighted by atomic mass is 16.3. The Hall–Kier alpha value is -1.80. The zero-order valence-electron chi connectivity index (χ0n) is 9.93. The molecule has 88 valence electrons. The van der Waals surface area contributed by atoms with Crippen LogP contribution in [-0.2, 0) is 6.54 Å². The third kappa shape index (κ3) is 2.32. The van der Waals surface area contributed by atoms with Crippen LogP contribution in [0.3, 0.4) is 0 Å². The number of benzene rings is 2. The molecule has 2 nitrogen and oxygen atoms in total. The van der Waals surface area contributed by atoms with Crippen LogP contribution in [0.1, 0.15) is 29.5 Å². The molecule has 0 aliphatic rings. The lowest BCUT2D eigenvalue weighted by molar-refractivity contribution is 0.466. The summed E-state index contributed by atoms with van der Waals surface area (Å²) in [6, 6.07) is 15.5. The molecule has 0 fully saturated rings. The topological polar surface area (TPSA) is 46.2 Å². The van der Waals surface area contributed by atoms with Gasteiger partial charge in [0.25, 0.3) is 0 Å². The van der Waals surface area contributed by atoms with E-state index in [9.17, 15) is 5.11 Å². The van der Waals surface area contributed by atoms with Crippen LogP contribution in [0.25, 0.3) is 0 Å². The molecule has 0 aliphatic heterocycles. The van der Waals surface area contributed by atoms with Gasteiger partial charge in [0.15, 0.2) is 0 Å². The second kappa shape index (κ2) is 5.02. The van der Waals surface area contributed by atoms with Crippen LogP contribution in [0.4, 0.5) is 0 Å². The van der Waals surface area contributed by atoms with E-state index < -0.39 is 0 Å². The lowest BCUT2D eigenvalue weighted by atomic mass is 9.89. The van der Waals surface area contributed by atoms with E-state index in [2.05, 4.69) is 13.0 Å². The van der Waals surface area contributed by atoms with E-state index in [1.807, 2.05) is 36.4 Å². The molecule has 3 N–H and O–H groups in total. The smallest absolute Gasteiger partial charge is 0.119 e. The fourth-order valence-corrected chi connectivity index (χ4v) is 2.16. The molecule has 2 aromatic rings. The van der Waals surface area contributed by atoms with Crippen molar-refractivity contribution < 1.29 is 5.11 Å². The second-order valence-corrected chi connectivity index (χ2v) is 4.18. The summed E-state index contributed by atoms with van der Waals surface area (Å²) in [5.41, 5.74) is 8.99. The van der Waals surface area contributed by atoms with Crippen molar-refractivity contribution in [3.8, 4) is 5.75 Å². The third-order valence-corrected chi connectivity index (χ3v) is 3.14. The molecule has 0 aliphatic carbocycles. The summed E-state index contributed by atoms with van der Waals surface area (Å²) < 4.78 is 0. The summed E-state index contributed by atoms with van der Waals surface area (Å²) in [4.78, 5) is 0. The number of phenols is 1. The van der Waals surface area contributed by atoms with Crippen LogP contribution < -0.4 is 5.73 Å². The highest BCUT2D eigenvalue weighted by Crippen LogP contribution is 2.32. The summed E-state index contributed by atoms with van der Waals surface area (Å²) in [6.07, 6.45) is 0. The maximum atomic E-state index is 9.87. The standard InChI is InChI=1S/C15H17NO/c1-11(14-8-4-5-9-15(14)17)13-7-3-2-6-12(13)10-16/h2-9,11,17H,10,16H2,1H3. The molecule has 0 amide bonds. The van der Waals surface area contributed by atoms with Crippen molar-refractivity contribution in [3.63, 3.8) is 0 Å². The first-order valence-corrected chi connectivity index (χ1v) is 5.79. The minimum absolute atomic E-state index is 0.149. The first-order chi connectivity index (χ1) is 8.24. The molecule has 2 rings (SSSR count). The highest BCUT2D eigenvalue weighted by Gasteiger charge is 2.14. The normalized spacial score (nSPS) is 12.4. The van der Waals surface area contributed by atoms with E-state index in [-0.39, 0.29) is 5.92 Å². The Kier molecular flexibility index (Phi) is 3.45. The monoisotopic (exact) mass is 227 g/mol. The number of phenolic OH excluding ortho intramolecular Hbond substituents is 1. The molecule has 1 unspecified atom stereocenters. The second-order valence-electron chi connectivity index (χ2n) is 4.18. The quantitative estimate of drug-likeness (QED) is 0.846. The average Bonchev–Trinajstić information content (AvgIpc) is 2.38. The predicted octanol–water partition coefficient (Wildman–Crippen LogP) is 3.00. The predicted molar refractivity (Wildman–Crippen MR) is 70.0 cm³/mol. The van der Waals surface area contributed by atoms with E-state index in [0.29, 0.717) is 12.3 Å². The van der Waals surface area contributed by atoms with Gasteiger partial charge in [-0.1, -0.05) is 49.4 Å². The molecule has 0 saturated carbocycles. The van der Waals surface area contributed by atoms with Gasteiger partial charge < -0.3 is 10.8 Å². The maximum Gasteiger partial charge on any atom is 0.119 e. The van der Waals surface area contributed by atoms with Crippen molar-refractivity contribution >= 4 is 0 Å². The van der Waals surface area contributed by atoms with Gasteiger partial charge in [0.2, 0.25) is 0 Å². The number of nitrogens with two attached hydrogens (primary N) is 1. The number of aromatic hydroxyl groups is 1. The van der Waals surface area contributed by atoms with Crippen molar-refractivity contribution in [3.05, 3.63) is 65.2 Å². The van der Waals surface area contributed by atoms with Gasteiger partial charge in [-0.05, 0) is 17.2 Å². The lowest BCUT2D eigenvalue weighted by Gasteiger charge is -2.17. The SMILES string of the molecule is CC(c1ccccc1O)c1ccccc1CN. The summed E-state index contributed by atoms with van der Waals surface area (Å²) in [7, 11) is 0. The van der Waals surface area contributed by atoms with Crippen LogP contribution in [0, 0.1) is 0 Å². The number of hydrogen-bond acceptors (Lipinski definition) is 2. The molecule has 17 heavy (non-hydrogen) atoms. The van der Waals surface area contributed by atoms with Crippen LogP contribution in [-0.4, -0.2) is 5.11 Å². The van der Waals surface area contributed by atoms with E-state index in [4.69, 9.17) is 5.73 Å². The fourth-order valence-electron chi connectivity index (χ4n) is 2.16. The first kappa shape index (κ1) is 11.7. The molecule has 2 heteroatoms. The lowest BCUT2D eigenvalue weighted by Crippen LogP contribution is -2.05. The molecule has 0 heterocycles. The fraction of sp³-hybridized carbons (Fsp3) is 0.200. The largest absolute Gasteiger partial charge is 0.508 e. The number of hydrogen-bond donors (Lipinski definition) is 2. The minimum atomic E-state index is 0.149. The van der Waals surface area contributed by atoms with E-state index in [0.717, 1.165) is 11.1 Å². The van der Waals surface area contributed by atoms with Crippen molar-refractivity contribution in [2.75, 3.05) is 0 Å². The Balaban J connectivity index is 2.44. The minimum Gasteiger partial charge on any atom is -0.508 e. The van der Waals surface area contributed by atoms with Crippen molar-refractivity contribution in [2.24, 2.45) is 5.73 Å². The Labute approximate surface area is 102 Å². The molecule has 1 atom stereocenters. The van der Waals surface area contributed by atoms with Gasteiger partial charge in [0.05, 0.1) is 0 Å². The van der Waals surface area contributed by atoms with Gasteiger partial charge in [-0.25, -0.2) is 0 Å². The highest BCUT2D eigenvalue weighted by molar-refractivity contribution is 5.43. The van der Waals surface area contributed by atoms with E-state index in [1.54, 1.807) is 6.07 Å². The van der Waals surface area contributed by atoms with Crippen molar-refractivity contribution in [1.29, 1.82) is 0 Å². The molecule has 0 saturated heterocycles. The zero-order valence-corrected chi connectivity index (χ0v) is 9.93. The molecule has 2 aromatic carbocycles. The van der Waals surface area contributed by atoms with Crippen molar-refractivity contribution in [1.82, 2.24) is 0 Å². The molecular formula is C15H17NO. The zero-order chi connectivity index (χ0) is 12.3. The Morgan fingerprint density at radius 1 is 1.00 bits per heavy atom. The maximum absolute atomic E-state index is 9.87. The van der Waals surface area contributed by atoms with Gasteiger partial charge in [0, 0.05) is 18.0 Å². The van der Waals surface area contributed by atoms with E-state index in [1.165, 1.54) is 5.56 Å². The van der Waals surface area contributed by atoms with Crippen molar-refractivity contribution in [2.45, 2.75) is 19.4 Å². The third-order valence-electron chi connectivity index (χ3n) is 3.14. The molecular weight excluding hydrogens is 210 g/mol. The van der Waals surface area contributed by atoms with E-state index >= 15 is 0 Å². The Morgan fingerprint density at radius 2 is 1.59 bits per heavy atom.